The van der Waals surface area contributed by atoms with Gasteiger partial charge in [-0.25, -0.2) is 0 Å². The van der Waals surface area contributed by atoms with Crippen molar-refractivity contribution in [2.45, 2.75) is 55.4 Å². The molecule has 0 heterocycles. The fraction of sp³-hybridized carbons (Fsp3) is 0.938. The zero-order valence-electron chi connectivity index (χ0n) is 14.5. The van der Waals surface area contributed by atoms with E-state index in [-0.39, 0.29) is 22.5 Å². The minimum atomic E-state index is -0.385. The van der Waals surface area contributed by atoms with E-state index in [0.29, 0.717) is 13.2 Å². The van der Waals surface area contributed by atoms with Crippen LogP contribution in [0.5, 0.6) is 0 Å². The first kappa shape index (κ1) is 20.9. The smallest absolute Gasteiger partial charge is 0.143 e. The summed E-state index contributed by atoms with van der Waals surface area (Å²) < 4.78 is 5.73. The van der Waals surface area contributed by atoms with E-state index < -0.39 is 0 Å². The molecule has 0 amide bonds. The van der Waals surface area contributed by atoms with Gasteiger partial charge in [-0.15, -0.1) is 0 Å². The van der Waals surface area contributed by atoms with Gasteiger partial charge in [-0.3, -0.25) is 4.79 Å². The van der Waals surface area contributed by atoms with Gasteiger partial charge in [0.05, 0.1) is 13.2 Å². The molecular formula is C16H35NO2. The molecule has 0 radical (unpaired) electrons. The molecule has 0 saturated carbocycles. The van der Waals surface area contributed by atoms with Gasteiger partial charge in [0.15, 0.2) is 0 Å². The van der Waals surface area contributed by atoms with Crippen molar-refractivity contribution in [3.8, 4) is 0 Å². The van der Waals surface area contributed by atoms with Gasteiger partial charge in [0.25, 0.3) is 0 Å². The molecule has 0 aliphatic carbocycles. The summed E-state index contributed by atoms with van der Waals surface area (Å²) in [6.07, 6.45) is 0. The molecule has 0 spiro atoms. The Morgan fingerprint density at radius 3 is 1.95 bits per heavy atom. The lowest BCUT2D eigenvalue weighted by molar-refractivity contribution is -0.134. The Morgan fingerprint density at radius 1 is 1.11 bits per heavy atom. The molecular weight excluding hydrogens is 238 g/mol. The minimum Gasteiger partial charge on any atom is -0.380 e. The van der Waals surface area contributed by atoms with Crippen LogP contribution in [0, 0.1) is 16.7 Å². The van der Waals surface area contributed by atoms with Crippen LogP contribution in [0.25, 0.3) is 0 Å². The third-order valence-corrected chi connectivity index (χ3v) is 2.80. The van der Waals surface area contributed by atoms with Gasteiger partial charge in [0.1, 0.15) is 5.78 Å². The van der Waals surface area contributed by atoms with Gasteiger partial charge < -0.3 is 10.1 Å². The van der Waals surface area contributed by atoms with Crippen molar-refractivity contribution in [2.75, 3.05) is 26.8 Å². The number of nitrogens with one attached hydrogen (secondary N) is 1. The van der Waals surface area contributed by atoms with Crippen molar-refractivity contribution >= 4 is 5.78 Å². The molecule has 1 N–H and O–H groups in total. The lowest BCUT2D eigenvalue weighted by atomic mass is 9.83. The molecule has 0 rings (SSSR count). The molecule has 0 aliphatic heterocycles. The van der Waals surface area contributed by atoms with E-state index in [1.807, 2.05) is 48.6 Å². The second-order valence-corrected chi connectivity index (χ2v) is 6.59. The third-order valence-electron chi connectivity index (χ3n) is 2.80. The average molecular weight is 273 g/mol. The highest BCUT2D eigenvalue weighted by Crippen LogP contribution is 2.23. The Labute approximate surface area is 120 Å². The van der Waals surface area contributed by atoms with Crippen molar-refractivity contribution in [1.29, 1.82) is 0 Å². The Bertz CT molecular complexity index is 245. The topological polar surface area (TPSA) is 38.3 Å². The van der Waals surface area contributed by atoms with Crippen LogP contribution in [0.15, 0.2) is 0 Å². The summed E-state index contributed by atoms with van der Waals surface area (Å²) in [6.45, 7) is 18.2. The molecule has 0 aromatic carbocycles. The van der Waals surface area contributed by atoms with Crippen LogP contribution >= 0.6 is 0 Å². The highest BCUT2D eigenvalue weighted by molar-refractivity contribution is 5.85. The maximum absolute atomic E-state index is 12.0. The first-order valence-electron chi connectivity index (χ1n) is 7.39. The molecule has 0 aromatic rings. The monoisotopic (exact) mass is 273 g/mol. The van der Waals surface area contributed by atoms with E-state index >= 15 is 0 Å². The molecule has 0 fully saturated rings. The second kappa shape index (κ2) is 9.49. The SMILES string of the molecule is CC.CNCC(C)(C)COCC(C)(C)C(=O)C(C)C. The van der Waals surface area contributed by atoms with Crippen LogP contribution in [-0.2, 0) is 9.53 Å². The predicted octanol–water partition coefficient (Wildman–Crippen LogP) is 3.53. The Balaban J connectivity index is 0. The normalized spacial score (nSPS) is 12.1. The number of hydrogen-bond acceptors (Lipinski definition) is 3. The number of ether oxygens (including phenoxy) is 1. The third kappa shape index (κ3) is 9.17. The summed E-state index contributed by atoms with van der Waals surface area (Å²) in [4.78, 5) is 12.0. The molecule has 0 bridgehead atoms. The molecule has 3 nitrogen and oxygen atoms in total. The van der Waals surface area contributed by atoms with E-state index in [1.165, 1.54) is 0 Å². The Morgan fingerprint density at radius 2 is 1.58 bits per heavy atom. The summed E-state index contributed by atoms with van der Waals surface area (Å²) in [5.74, 6) is 0.336. The van der Waals surface area contributed by atoms with Crippen molar-refractivity contribution < 1.29 is 9.53 Å². The van der Waals surface area contributed by atoms with E-state index in [4.69, 9.17) is 4.74 Å². The van der Waals surface area contributed by atoms with Crippen LogP contribution in [0.3, 0.4) is 0 Å². The minimum absolute atomic E-state index is 0.0684. The average Bonchev–Trinajstić information content (AvgIpc) is 2.29. The van der Waals surface area contributed by atoms with Crippen LogP contribution in [0.1, 0.15) is 55.4 Å². The number of Topliss-reactive ketones (excluding diaryl/α,β-unsaturated/α-hetero) is 1. The maximum atomic E-state index is 12.0. The Hall–Kier alpha value is -0.410. The summed E-state index contributed by atoms with van der Waals surface area (Å²) in [5.41, 5.74) is -0.282. The zero-order chi connectivity index (χ0) is 15.7. The lowest BCUT2D eigenvalue weighted by Gasteiger charge is -2.29. The van der Waals surface area contributed by atoms with Crippen LogP contribution in [0.4, 0.5) is 0 Å². The van der Waals surface area contributed by atoms with Crippen molar-refractivity contribution in [2.24, 2.45) is 16.7 Å². The first-order chi connectivity index (χ1) is 8.62. The van der Waals surface area contributed by atoms with Crippen molar-refractivity contribution in [1.82, 2.24) is 5.32 Å². The fourth-order valence-electron chi connectivity index (χ4n) is 1.96. The molecule has 116 valence electrons. The largest absolute Gasteiger partial charge is 0.380 e. The lowest BCUT2D eigenvalue weighted by Crippen LogP contribution is -2.36. The van der Waals surface area contributed by atoms with Crippen LogP contribution in [-0.4, -0.2) is 32.6 Å². The molecule has 0 aliphatic rings. The van der Waals surface area contributed by atoms with E-state index in [9.17, 15) is 4.79 Å². The highest BCUT2D eigenvalue weighted by Gasteiger charge is 2.30. The van der Waals surface area contributed by atoms with E-state index in [0.717, 1.165) is 6.54 Å². The first-order valence-corrected chi connectivity index (χ1v) is 7.39. The molecule has 19 heavy (non-hydrogen) atoms. The standard InChI is InChI=1S/C14H29NO2.C2H6/c1-11(2)12(16)14(5,6)10-17-9-13(3,4)8-15-7;1-2/h11,15H,8-10H2,1-7H3;1-2H3. The quantitative estimate of drug-likeness (QED) is 0.735. The molecule has 3 heteroatoms. The van der Waals surface area contributed by atoms with Crippen molar-refractivity contribution in [3.63, 3.8) is 0 Å². The fourth-order valence-corrected chi connectivity index (χ4v) is 1.96. The summed E-state index contributed by atoms with van der Waals surface area (Å²) in [6, 6.07) is 0. The zero-order valence-corrected chi connectivity index (χ0v) is 14.5. The number of rotatable bonds is 8. The molecule has 0 aromatic heterocycles. The number of carbonyl (C=O) groups is 1. The number of ketones is 1. The van der Waals surface area contributed by atoms with Gasteiger partial charge in [0, 0.05) is 23.3 Å². The Kier molecular flexibility index (Phi) is 10.4. The van der Waals surface area contributed by atoms with Gasteiger partial charge in [-0.1, -0.05) is 55.4 Å². The maximum Gasteiger partial charge on any atom is 0.143 e. The predicted molar refractivity (Wildman–Crippen MR) is 83.5 cm³/mol. The molecule has 0 saturated heterocycles. The second-order valence-electron chi connectivity index (χ2n) is 6.59. The summed E-state index contributed by atoms with van der Waals surface area (Å²) >= 11 is 0. The highest BCUT2D eigenvalue weighted by atomic mass is 16.5. The van der Waals surface area contributed by atoms with E-state index in [2.05, 4.69) is 19.2 Å². The van der Waals surface area contributed by atoms with Gasteiger partial charge >= 0.3 is 0 Å². The molecule has 0 atom stereocenters. The van der Waals surface area contributed by atoms with Gasteiger partial charge in [0.2, 0.25) is 0 Å². The summed E-state index contributed by atoms with van der Waals surface area (Å²) in [7, 11) is 1.94. The number of carbonyl (C=O) groups excluding carboxylic acids is 1. The van der Waals surface area contributed by atoms with Gasteiger partial charge in [-0.2, -0.15) is 0 Å². The van der Waals surface area contributed by atoms with Crippen LogP contribution in [0.2, 0.25) is 0 Å². The van der Waals surface area contributed by atoms with Crippen molar-refractivity contribution in [3.05, 3.63) is 0 Å². The van der Waals surface area contributed by atoms with Gasteiger partial charge in [-0.05, 0) is 7.05 Å². The van der Waals surface area contributed by atoms with E-state index in [1.54, 1.807) is 0 Å². The number of hydrogen-bond donors (Lipinski definition) is 1. The molecule has 0 unspecified atom stereocenters. The summed E-state index contributed by atoms with van der Waals surface area (Å²) in [5, 5.41) is 3.15. The van der Waals surface area contributed by atoms with Crippen LogP contribution < -0.4 is 5.32 Å².